The highest BCUT2D eigenvalue weighted by atomic mass is 35.5. The number of aromatic nitrogens is 1. The zero-order chi connectivity index (χ0) is 27.9. The smallest absolute Gasteiger partial charge is 0.258 e. The molecule has 39 heavy (non-hydrogen) atoms. The Hall–Kier alpha value is -5.00. The van der Waals surface area contributed by atoms with E-state index in [4.69, 9.17) is 23.4 Å². The predicted octanol–water partition coefficient (Wildman–Crippen LogP) is 5.82. The molecule has 0 aliphatic rings. The van der Waals surface area contributed by atoms with Crippen LogP contribution in [0.2, 0.25) is 5.02 Å². The van der Waals surface area contributed by atoms with Gasteiger partial charge < -0.3 is 15.5 Å². The molecular weight excluding hydrogens is 517 g/mol. The first-order valence-electron chi connectivity index (χ1n) is 11.7. The molecule has 3 aromatic carbocycles. The van der Waals surface area contributed by atoms with Crippen molar-refractivity contribution in [3.8, 4) is 12.3 Å². The van der Waals surface area contributed by atoms with Gasteiger partial charge in [0.15, 0.2) is 0 Å². The van der Waals surface area contributed by atoms with Crippen LogP contribution in [0.4, 0.5) is 15.9 Å². The van der Waals surface area contributed by atoms with Gasteiger partial charge in [-0.15, -0.1) is 6.42 Å². The summed E-state index contributed by atoms with van der Waals surface area (Å²) in [7, 11) is 1.74. The summed E-state index contributed by atoms with van der Waals surface area (Å²) in [5, 5.41) is 13.9. The highest BCUT2D eigenvalue weighted by Crippen LogP contribution is 2.23. The third kappa shape index (κ3) is 6.66. The normalized spacial score (nSPS) is 10.3. The van der Waals surface area contributed by atoms with Crippen LogP contribution in [0.1, 0.15) is 37.4 Å². The summed E-state index contributed by atoms with van der Waals surface area (Å²) in [6.45, 7) is 0.467. The molecule has 1 heterocycles. The number of pyridine rings is 1. The molecule has 0 spiro atoms. The summed E-state index contributed by atoms with van der Waals surface area (Å²) in [6.07, 6.45) is 6.76. The van der Waals surface area contributed by atoms with Gasteiger partial charge in [-0.3, -0.25) is 15.0 Å². The maximum atomic E-state index is 15.0. The number of nitrogens with zero attached hydrogens (tertiary/aromatic N) is 2. The first-order chi connectivity index (χ1) is 18.7. The quantitative estimate of drug-likeness (QED) is 0.157. The number of anilines is 2. The molecule has 0 saturated heterocycles. The van der Waals surface area contributed by atoms with Crippen LogP contribution in [0.3, 0.4) is 0 Å². The van der Waals surface area contributed by atoms with Crippen molar-refractivity contribution in [3.63, 3.8) is 0 Å². The molecule has 4 rings (SSSR count). The van der Waals surface area contributed by atoms with Crippen LogP contribution in [0.5, 0.6) is 0 Å². The Labute approximate surface area is 230 Å². The van der Waals surface area contributed by atoms with Crippen molar-refractivity contribution in [2.75, 3.05) is 17.7 Å². The average Bonchev–Trinajstić information content (AvgIpc) is 2.94. The van der Waals surface area contributed by atoms with Crippen LogP contribution < -0.4 is 10.6 Å². The van der Waals surface area contributed by atoms with Gasteiger partial charge in [-0.1, -0.05) is 53.9 Å². The number of nitrogens with one attached hydrogen (secondary N) is 3. The van der Waals surface area contributed by atoms with Crippen LogP contribution >= 0.6 is 11.6 Å². The molecule has 0 aliphatic heterocycles. The number of hydrogen-bond acceptors (Lipinski definition) is 4. The summed E-state index contributed by atoms with van der Waals surface area (Å²) in [4.78, 5) is 31.7. The van der Waals surface area contributed by atoms with Gasteiger partial charge in [-0.05, 0) is 48.0 Å². The van der Waals surface area contributed by atoms with E-state index >= 15 is 4.39 Å². The first-order valence-corrected chi connectivity index (χ1v) is 12.1. The lowest BCUT2D eigenvalue weighted by Crippen LogP contribution is -2.26. The Morgan fingerprint density at radius 3 is 2.41 bits per heavy atom. The number of carbonyl (C=O) groups is 2. The lowest BCUT2D eigenvalue weighted by atomic mass is 10.1. The largest absolute Gasteiger partial charge is 0.355 e. The van der Waals surface area contributed by atoms with Gasteiger partial charge in [-0.25, -0.2) is 9.37 Å². The molecule has 1 aromatic heterocycles. The molecule has 0 radical (unpaired) electrons. The van der Waals surface area contributed by atoms with Crippen LogP contribution in [-0.4, -0.2) is 34.6 Å². The number of rotatable bonds is 7. The Morgan fingerprint density at radius 1 is 1.00 bits per heavy atom. The molecule has 0 fully saturated rings. The lowest BCUT2D eigenvalue weighted by Gasteiger charge is -2.20. The molecule has 0 aliphatic carbocycles. The van der Waals surface area contributed by atoms with E-state index in [9.17, 15) is 9.59 Å². The zero-order valence-electron chi connectivity index (χ0n) is 20.8. The van der Waals surface area contributed by atoms with Crippen LogP contribution in [0.25, 0.3) is 0 Å². The van der Waals surface area contributed by atoms with Gasteiger partial charge in [0.2, 0.25) is 0 Å². The maximum Gasteiger partial charge on any atom is 0.258 e. The topological polar surface area (TPSA) is 98.2 Å². The van der Waals surface area contributed by atoms with E-state index in [1.807, 2.05) is 30.3 Å². The molecule has 3 N–H and O–H groups in total. The third-order valence-electron chi connectivity index (χ3n) is 5.78. The fourth-order valence-corrected chi connectivity index (χ4v) is 3.92. The van der Waals surface area contributed by atoms with Crippen molar-refractivity contribution >= 4 is 40.8 Å². The summed E-state index contributed by atoms with van der Waals surface area (Å²) >= 11 is 6.09. The Morgan fingerprint density at radius 2 is 1.74 bits per heavy atom. The SMILES string of the molecule is C#Cc1ccc(NC(=O)c2cc(Cl)ccc2NC(=O)c2ccc(C(=N)N(C)Cc3ccccc3)cc2F)nc1. The molecule has 0 unspecified atom stereocenters. The minimum absolute atomic E-state index is 0.0556. The summed E-state index contributed by atoms with van der Waals surface area (Å²) < 4.78 is 15.0. The highest BCUT2D eigenvalue weighted by Gasteiger charge is 2.19. The second-order valence-electron chi connectivity index (χ2n) is 8.56. The standard InChI is InChI=1S/C30H23ClFN5O2/c1-3-19-9-14-27(34-17-19)36-30(39)24-16-22(31)11-13-26(24)35-29(38)23-12-10-21(15-25(23)32)28(33)37(2)18-20-7-5-4-6-8-20/h1,4-17,33H,18H2,2H3,(H,35,38)(H,34,36,39). The molecular formula is C30H23ClFN5O2. The van der Waals surface area contributed by atoms with Crippen molar-refractivity contribution < 1.29 is 14.0 Å². The second-order valence-corrected chi connectivity index (χ2v) is 9.00. The van der Waals surface area contributed by atoms with Crippen molar-refractivity contribution in [3.05, 3.63) is 124 Å². The van der Waals surface area contributed by atoms with E-state index in [0.29, 0.717) is 17.7 Å². The molecule has 9 heteroatoms. The van der Waals surface area contributed by atoms with E-state index in [-0.39, 0.29) is 33.5 Å². The monoisotopic (exact) mass is 539 g/mol. The number of hydrogen-bond donors (Lipinski definition) is 3. The maximum absolute atomic E-state index is 15.0. The van der Waals surface area contributed by atoms with Crippen molar-refractivity contribution in [1.29, 1.82) is 5.41 Å². The molecule has 0 saturated carbocycles. The number of carbonyl (C=O) groups excluding carboxylic acids is 2. The fourth-order valence-electron chi connectivity index (χ4n) is 3.74. The molecule has 4 aromatic rings. The minimum atomic E-state index is -0.805. The van der Waals surface area contributed by atoms with Crippen molar-refractivity contribution in [2.45, 2.75) is 6.54 Å². The number of terminal acetylenes is 1. The lowest BCUT2D eigenvalue weighted by molar-refractivity contribution is 0.102. The summed E-state index contributed by atoms with van der Waals surface area (Å²) in [6, 6.07) is 21.0. The molecule has 7 nitrogen and oxygen atoms in total. The Kier molecular flexibility index (Phi) is 8.34. The zero-order valence-corrected chi connectivity index (χ0v) is 21.6. The molecule has 0 atom stereocenters. The number of amidine groups is 1. The average molecular weight is 540 g/mol. The van der Waals surface area contributed by atoms with Crippen LogP contribution in [-0.2, 0) is 6.54 Å². The van der Waals surface area contributed by atoms with Gasteiger partial charge in [-0.2, -0.15) is 0 Å². The summed E-state index contributed by atoms with van der Waals surface area (Å²) in [5.41, 5.74) is 1.81. The molecule has 194 valence electrons. The Bertz CT molecular complexity index is 1580. The number of benzene rings is 3. The number of halogens is 2. The second kappa shape index (κ2) is 12.0. The van der Waals surface area contributed by atoms with Crippen LogP contribution in [0, 0.1) is 23.6 Å². The van der Waals surface area contributed by atoms with E-state index < -0.39 is 17.6 Å². The first kappa shape index (κ1) is 27.0. The van der Waals surface area contributed by atoms with Gasteiger partial charge in [0.05, 0.1) is 16.8 Å². The molecule has 0 bridgehead atoms. The predicted molar refractivity (Wildman–Crippen MR) is 151 cm³/mol. The number of amides is 2. The van der Waals surface area contributed by atoms with E-state index in [1.165, 1.54) is 36.5 Å². The summed E-state index contributed by atoms with van der Waals surface area (Å²) in [5.74, 6) is 0.631. The van der Waals surface area contributed by atoms with Crippen molar-refractivity contribution in [2.24, 2.45) is 0 Å². The highest BCUT2D eigenvalue weighted by molar-refractivity contribution is 6.31. The fraction of sp³-hybridized carbons (Fsp3) is 0.0667. The van der Waals surface area contributed by atoms with Gasteiger partial charge in [0.25, 0.3) is 11.8 Å². The van der Waals surface area contributed by atoms with Crippen molar-refractivity contribution in [1.82, 2.24) is 9.88 Å². The van der Waals surface area contributed by atoms with E-state index in [0.717, 1.165) is 11.6 Å². The van der Waals surface area contributed by atoms with Gasteiger partial charge in [0, 0.05) is 35.9 Å². The third-order valence-corrected chi connectivity index (χ3v) is 6.01. The van der Waals surface area contributed by atoms with Crippen LogP contribution in [0.15, 0.2) is 85.1 Å². The van der Waals surface area contributed by atoms with E-state index in [2.05, 4.69) is 21.5 Å². The van der Waals surface area contributed by atoms with Gasteiger partial charge in [0.1, 0.15) is 17.5 Å². The van der Waals surface area contributed by atoms with Gasteiger partial charge >= 0.3 is 0 Å². The minimum Gasteiger partial charge on any atom is -0.355 e. The molecule has 2 amide bonds. The van der Waals surface area contributed by atoms with E-state index in [1.54, 1.807) is 24.1 Å². The Balaban J connectivity index is 1.49.